The van der Waals surface area contributed by atoms with Gasteiger partial charge in [-0.25, -0.2) is 4.39 Å². The molecule has 0 aromatic heterocycles. The molecule has 0 saturated carbocycles. The lowest BCUT2D eigenvalue weighted by atomic mass is 10.2. The summed E-state index contributed by atoms with van der Waals surface area (Å²) < 4.78 is 13.5. The van der Waals surface area contributed by atoms with E-state index in [1.807, 2.05) is 18.2 Å². The molecule has 0 heterocycles. The minimum absolute atomic E-state index is 0.201. The topological polar surface area (TPSA) is 29.1 Å². The van der Waals surface area contributed by atoms with Crippen molar-refractivity contribution in [2.24, 2.45) is 0 Å². The summed E-state index contributed by atoms with van der Waals surface area (Å²) in [5.74, 6) is -0.804. The van der Waals surface area contributed by atoms with Gasteiger partial charge in [-0.1, -0.05) is 35.9 Å². The van der Waals surface area contributed by atoms with Crippen LogP contribution in [0.5, 0.6) is 0 Å². The Labute approximate surface area is 115 Å². The highest BCUT2D eigenvalue weighted by Gasteiger charge is 2.04. The zero-order valence-electron chi connectivity index (χ0n) is 9.94. The second kappa shape index (κ2) is 6.16. The molecule has 0 fully saturated rings. The zero-order chi connectivity index (χ0) is 13.7. The largest absolute Gasteiger partial charge is 0.323 e. The van der Waals surface area contributed by atoms with Gasteiger partial charge in [0.15, 0.2) is 0 Å². The SMILES string of the molecule is O=C(/C=C/c1c(F)cccc1Cl)Nc1ccccc1. The van der Waals surface area contributed by atoms with Crippen molar-refractivity contribution < 1.29 is 9.18 Å². The van der Waals surface area contributed by atoms with Gasteiger partial charge in [0.1, 0.15) is 5.82 Å². The molecular formula is C15H11ClFNO. The third kappa shape index (κ3) is 3.66. The highest BCUT2D eigenvalue weighted by Crippen LogP contribution is 2.20. The first-order valence-electron chi connectivity index (χ1n) is 5.65. The molecule has 2 rings (SSSR count). The van der Waals surface area contributed by atoms with Gasteiger partial charge < -0.3 is 5.32 Å². The molecule has 0 saturated heterocycles. The Hall–Kier alpha value is -2.13. The van der Waals surface area contributed by atoms with Crippen LogP contribution in [0, 0.1) is 5.82 Å². The van der Waals surface area contributed by atoms with Gasteiger partial charge in [0.2, 0.25) is 5.91 Å². The predicted molar refractivity (Wildman–Crippen MR) is 75.5 cm³/mol. The van der Waals surface area contributed by atoms with Crippen molar-refractivity contribution in [1.82, 2.24) is 0 Å². The van der Waals surface area contributed by atoms with Gasteiger partial charge >= 0.3 is 0 Å². The maximum atomic E-state index is 13.5. The zero-order valence-corrected chi connectivity index (χ0v) is 10.7. The van der Waals surface area contributed by atoms with E-state index in [2.05, 4.69) is 5.32 Å². The fourth-order valence-corrected chi connectivity index (χ4v) is 1.76. The Balaban J connectivity index is 2.09. The van der Waals surface area contributed by atoms with E-state index in [0.717, 1.165) is 0 Å². The highest BCUT2D eigenvalue weighted by molar-refractivity contribution is 6.32. The third-order valence-electron chi connectivity index (χ3n) is 2.44. The molecule has 0 aliphatic carbocycles. The minimum atomic E-state index is -0.462. The number of benzene rings is 2. The van der Waals surface area contributed by atoms with Crippen LogP contribution in [0.25, 0.3) is 6.08 Å². The first-order chi connectivity index (χ1) is 9.16. The number of nitrogens with one attached hydrogen (secondary N) is 1. The number of para-hydroxylation sites is 1. The quantitative estimate of drug-likeness (QED) is 0.839. The molecule has 2 aromatic carbocycles. The lowest BCUT2D eigenvalue weighted by molar-refractivity contribution is -0.111. The molecule has 1 amide bonds. The predicted octanol–water partition coefficient (Wildman–Crippen LogP) is 4.13. The summed E-state index contributed by atoms with van der Waals surface area (Å²) in [7, 11) is 0. The monoisotopic (exact) mass is 275 g/mol. The molecule has 0 radical (unpaired) electrons. The molecule has 0 aliphatic rings. The normalized spacial score (nSPS) is 10.6. The number of carbonyl (C=O) groups excluding carboxylic acids is 1. The van der Waals surface area contributed by atoms with Gasteiger partial charge in [-0.2, -0.15) is 0 Å². The molecule has 96 valence electrons. The van der Waals surface area contributed by atoms with E-state index in [-0.39, 0.29) is 16.5 Å². The van der Waals surface area contributed by atoms with Crippen molar-refractivity contribution in [3.05, 3.63) is 71.0 Å². The fraction of sp³-hybridized carbons (Fsp3) is 0. The maximum absolute atomic E-state index is 13.5. The van der Waals surface area contributed by atoms with Crippen molar-refractivity contribution in [2.45, 2.75) is 0 Å². The van der Waals surface area contributed by atoms with Gasteiger partial charge in [-0.05, 0) is 30.3 Å². The van der Waals surface area contributed by atoms with Crippen LogP contribution in [-0.2, 0) is 4.79 Å². The third-order valence-corrected chi connectivity index (χ3v) is 2.77. The van der Waals surface area contributed by atoms with E-state index < -0.39 is 5.82 Å². The molecule has 0 unspecified atom stereocenters. The van der Waals surface area contributed by atoms with Crippen molar-refractivity contribution in [1.29, 1.82) is 0 Å². The Morgan fingerprint density at radius 2 is 1.84 bits per heavy atom. The summed E-state index contributed by atoms with van der Waals surface area (Å²) in [5.41, 5.74) is 0.879. The molecule has 2 nitrogen and oxygen atoms in total. The average molecular weight is 276 g/mol. The number of carbonyl (C=O) groups is 1. The second-order valence-corrected chi connectivity index (χ2v) is 4.23. The van der Waals surface area contributed by atoms with Gasteiger partial charge in [-0.15, -0.1) is 0 Å². The Morgan fingerprint density at radius 1 is 1.11 bits per heavy atom. The van der Waals surface area contributed by atoms with Crippen LogP contribution < -0.4 is 5.32 Å². The lowest BCUT2D eigenvalue weighted by Crippen LogP contribution is -2.07. The highest BCUT2D eigenvalue weighted by atomic mass is 35.5. The Kier molecular flexibility index (Phi) is 4.31. The summed E-state index contributed by atoms with van der Waals surface area (Å²) in [6, 6.07) is 13.4. The first kappa shape index (κ1) is 13.3. The van der Waals surface area contributed by atoms with Crippen LogP contribution in [0.3, 0.4) is 0 Å². The number of hydrogen-bond donors (Lipinski definition) is 1. The first-order valence-corrected chi connectivity index (χ1v) is 6.03. The molecular weight excluding hydrogens is 265 g/mol. The smallest absolute Gasteiger partial charge is 0.248 e. The number of anilines is 1. The average Bonchev–Trinajstić information content (AvgIpc) is 2.39. The Bertz CT molecular complexity index is 591. The van der Waals surface area contributed by atoms with Crippen molar-refractivity contribution in [2.75, 3.05) is 5.32 Å². The van der Waals surface area contributed by atoms with Crippen molar-refractivity contribution >= 4 is 29.3 Å². The molecule has 4 heteroatoms. The van der Waals surface area contributed by atoms with Crippen LogP contribution in [0.4, 0.5) is 10.1 Å². The summed E-state index contributed by atoms with van der Waals surface area (Å²) in [6.45, 7) is 0. The molecule has 0 bridgehead atoms. The van der Waals surface area contributed by atoms with Crippen molar-refractivity contribution in [3.8, 4) is 0 Å². The van der Waals surface area contributed by atoms with Crippen LogP contribution in [-0.4, -0.2) is 5.91 Å². The standard InChI is InChI=1S/C15H11ClFNO/c16-13-7-4-8-14(17)12(13)9-10-15(19)18-11-5-2-1-3-6-11/h1-10H,(H,18,19)/b10-9+. The number of hydrogen-bond acceptors (Lipinski definition) is 1. The summed E-state index contributed by atoms with van der Waals surface area (Å²) in [5, 5.41) is 2.93. The number of amides is 1. The van der Waals surface area contributed by atoms with Crippen LogP contribution in [0.1, 0.15) is 5.56 Å². The molecule has 0 spiro atoms. The van der Waals surface area contributed by atoms with Gasteiger partial charge in [0.25, 0.3) is 0 Å². The minimum Gasteiger partial charge on any atom is -0.323 e. The number of halogens is 2. The molecule has 0 atom stereocenters. The number of rotatable bonds is 3. The lowest BCUT2D eigenvalue weighted by Gasteiger charge is -2.02. The molecule has 1 N–H and O–H groups in total. The molecule has 19 heavy (non-hydrogen) atoms. The maximum Gasteiger partial charge on any atom is 0.248 e. The van der Waals surface area contributed by atoms with Gasteiger partial charge in [0.05, 0.1) is 5.02 Å². The summed E-state index contributed by atoms with van der Waals surface area (Å²) in [4.78, 5) is 11.6. The Morgan fingerprint density at radius 3 is 2.53 bits per heavy atom. The van der Waals surface area contributed by atoms with E-state index in [4.69, 9.17) is 11.6 Å². The van der Waals surface area contributed by atoms with Gasteiger partial charge in [0, 0.05) is 17.3 Å². The van der Waals surface area contributed by atoms with Crippen LogP contribution in [0.2, 0.25) is 5.02 Å². The van der Waals surface area contributed by atoms with Crippen LogP contribution in [0.15, 0.2) is 54.6 Å². The molecule has 2 aromatic rings. The van der Waals surface area contributed by atoms with Crippen LogP contribution >= 0.6 is 11.6 Å². The van der Waals surface area contributed by atoms with E-state index in [9.17, 15) is 9.18 Å². The summed E-state index contributed by atoms with van der Waals surface area (Å²) >= 11 is 5.85. The van der Waals surface area contributed by atoms with E-state index in [0.29, 0.717) is 5.69 Å². The van der Waals surface area contributed by atoms with E-state index in [1.54, 1.807) is 18.2 Å². The van der Waals surface area contributed by atoms with E-state index >= 15 is 0 Å². The van der Waals surface area contributed by atoms with E-state index in [1.165, 1.54) is 24.3 Å². The van der Waals surface area contributed by atoms with Crippen molar-refractivity contribution in [3.63, 3.8) is 0 Å². The summed E-state index contributed by atoms with van der Waals surface area (Å²) in [6.07, 6.45) is 2.60. The molecule has 0 aliphatic heterocycles. The second-order valence-electron chi connectivity index (χ2n) is 3.82. The van der Waals surface area contributed by atoms with Gasteiger partial charge in [-0.3, -0.25) is 4.79 Å². The fourth-order valence-electron chi connectivity index (χ4n) is 1.53.